The first-order chi connectivity index (χ1) is 8.56. The van der Waals surface area contributed by atoms with E-state index in [0.717, 1.165) is 0 Å². The maximum atomic E-state index is 11.1. The lowest BCUT2D eigenvalue weighted by Crippen LogP contribution is -2.49. The minimum atomic E-state index is -1.90. The van der Waals surface area contributed by atoms with Crippen molar-refractivity contribution in [3.8, 4) is 0 Å². The highest BCUT2D eigenvalue weighted by atomic mass is 28.4. The first-order valence-electron chi connectivity index (χ1n) is 6.65. The summed E-state index contributed by atoms with van der Waals surface area (Å²) >= 11 is 0. The molecule has 6 heteroatoms. The minimum Gasteiger partial charge on any atom is -0.479 e. The molecule has 0 unspecified atom stereocenters. The molecule has 0 aromatic rings. The van der Waals surface area contributed by atoms with Crippen LogP contribution in [0.15, 0.2) is 0 Å². The van der Waals surface area contributed by atoms with Gasteiger partial charge < -0.3 is 19.0 Å². The molecule has 112 valence electrons. The summed E-state index contributed by atoms with van der Waals surface area (Å²) in [5.41, 5.74) is 0. The Bertz CT molecular complexity index is 323. The van der Waals surface area contributed by atoms with Crippen molar-refractivity contribution in [1.82, 2.24) is 0 Å². The number of hydrogen-bond donors (Lipinski definition) is 1. The summed E-state index contributed by atoms with van der Waals surface area (Å²) < 4.78 is 16.8. The molecular weight excluding hydrogens is 264 g/mol. The topological polar surface area (TPSA) is 65.0 Å². The highest BCUT2D eigenvalue weighted by Gasteiger charge is 2.42. The number of hydrogen-bond acceptors (Lipinski definition) is 4. The smallest absolute Gasteiger partial charge is 0.333 e. The Morgan fingerprint density at radius 2 is 1.89 bits per heavy atom. The third-order valence-electron chi connectivity index (χ3n) is 4.05. The van der Waals surface area contributed by atoms with E-state index in [4.69, 9.17) is 19.0 Å². The molecule has 0 saturated carbocycles. The Kier molecular flexibility index (Phi) is 5.17. The number of ether oxygens (including phenoxy) is 2. The minimum absolute atomic E-state index is 0.104. The maximum Gasteiger partial charge on any atom is 0.333 e. The van der Waals surface area contributed by atoms with E-state index in [2.05, 4.69) is 33.9 Å². The molecule has 0 radical (unpaired) electrons. The molecule has 0 aromatic heterocycles. The van der Waals surface area contributed by atoms with Crippen molar-refractivity contribution in [2.75, 3.05) is 7.11 Å². The van der Waals surface area contributed by atoms with Gasteiger partial charge in [0.1, 0.15) is 0 Å². The van der Waals surface area contributed by atoms with Crippen molar-refractivity contribution >= 4 is 14.3 Å². The van der Waals surface area contributed by atoms with Crippen LogP contribution in [-0.2, 0) is 18.7 Å². The van der Waals surface area contributed by atoms with Crippen molar-refractivity contribution < 1.29 is 23.8 Å². The van der Waals surface area contributed by atoms with E-state index in [1.165, 1.54) is 7.11 Å². The van der Waals surface area contributed by atoms with Gasteiger partial charge in [0.2, 0.25) is 0 Å². The van der Waals surface area contributed by atoms with Crippen LogP contribution in [0.2, 0.25) is 18.1 Å². The van der Waals surface area contributed by atoms with Crippen molar-refractivity contribution in [3.05, 3.63) is 0 Å². The highest BCUT2D eigenvalue weighted by molar-refractivity contribution is 6.74. The maximum absolute atomic E-state index is 11.1. The van der Waals surface area contributed by atoms with E-state index >= 15 is 0 Å². The van der Waals surface area contributed by atoms with Gasteiger partial charge in [-0.1, -0.05) is 20.8 Å². The van der Waals surface area contributed by atoms with Crippen molar-refractivity contribution in [2.45, 2.75) is 70.2 Å². The molecule has 5 nitrogen and oxygen atoms in total. The highest BCUT2D eigenvalue weighted by Crippen LogP contribution is 2.39. The fraction of sp³-hybridized carbons (Fsp3) is 0.923. The fourth-order valence-corrected chi connectivity index (χ4v) is 3.22. The predicted octanol–water partition coefficient (Wildman–Crippen LogP) is 2.61. The Morgan fingerprint density at radius 3 is 2.32 bits per heavy atom. The molecule has 1 fully saturated rings. The third kappa shape index (κ3) is 4.27. The van der Waals surface area contributed by atoms with Gasteiger partial charge in [-0.15, -0.1) is 0 Å². The van der Waals surface area contributed by atoms with Gasteiger partial charge in [0.25, 0.3) is 0 Å². The SMILES string of the molecule is CO[C@H]1C[C@@H](O[Si](C)(C)C(C)(C)C)C[C@@H](C(=O)O)O1. The number of aliphatic carboxylic acids is 1. The summed E-state index contributed by atoms with van der Waals surface area (Å²) in [6.45, 7) is 10.8. The van der Waals surface area contributed by atoms with Gasteiger partial charge in [-0.3, -0.25) is 0 Å². The summed E-state index contributed by atoms with van der Waals surface area (Å²) in [5, 5.41) is 9.21. The van der Waals surface area contributed by atoms with Crippen LogP contribution in [0.4, 0.5) is 0 Å². The molecule has 0 aliphatic carbocycles. The van der Waals surface area contributed by atoms with Crippen LogP contribution >= 0.6 is 0 Å². The molecule has 1 saturated heterocycles. The summed E-state index contributed by atoms with van der Waals surface area (Å²) in [7, 11) is -0.377. The standard InChI is InChI=1S/C13H26O5Si/c1-13(2,3)19(5,6)18-9-7-10(12(14)15)17-11(8-9)16-4/h9-11H,7-8H2,1-6H3,(H,14,15)/t9-,10-,11+/m0/s1. The zero-order valence-corrected chi connectivity index (χ0v) is 13.7. The second-order valence-electron chi connectivity index (χ2n) is 6.60. The van der Waals surface area contributed by atoms with Crippen LogP contribution in [0.5, 0.6) is 0 Å². The van der Waals surface area contributed by atoms with Gasteiger partial charge in [-0.2, -0.15) is 0 Å². The second kappa shape index (κ2) is 5.91. The zero-order chi connectivity index (χ0) is 14.8. The second-order valence-corrected chi connectivity index (χ2v) is 11.4. The van der Waals surface area contributed by atoms with E-state index in [1.54, 1.807) is 0 Å². The lowest BCUT2D eigenvalue weighted by atomic mass is 10.1. The molecule has 1 aliphatic rings. The molecule has 0 bridgehead atoms. The summed E-state index contributed by atoms with van der Waals surface area (Å²) in [6, 6.07) is 0. The molecule has 0 spiro atoms. The number of methoxy groups -OCH3 is 1. The predicted molar refractivity (Wildman–Crippen MR) is 74.6 cm³/mol. The number of rotatable bonds is 4. The van der Waals surface area contributed by atoms with Gasteiger partial charge in [-0.25, -0.2) is 4.79 Å². The Balaban J connectivity index is 2.74. The van der Waals surface area contributed by atoms with Crippen molar-refractivity contribution in [2.24, 2.45) is 0 Å². The van der Waals surface area contributed by atoms with Gasteiger partial charge in [0.15, 0.2) is 20.7 Å². The van der Waals surface area contributed by atoms with E-state index in [9.17, 15) is 4.79 Å². The molecular formula is C13H26O5Si. The van der Waals surface area contributed by atoms with E-state index < -0.39 is 26.7 Å². The Morgan fingerprint density at radius 1 is 1.32 bits per heavy atom. The monoisotopic (exact) mass is 290 g/mol. The van der Waals surface area contributed by atoms with Crippen molar-refractivity contribution in [3.63, 3.8) is 0 Å². The van der Waals surface area contributed by atoms with Crippen LogP contribution in [0.1, 0.15) is 33.6 Å². The summed E-state index contributed by atoms with van der Waals surface area (Å²) in [4.78, 5) is 11.1. The molecule has 1 aliphatic heterocycles. The average Bonchev–Trinajstić information content (AvgIpc) is 2.26. The largest absolute Gasteiger partial charge is 0.479 e. The molecule has 3 atom stereocenters. The first kappa shape index (κ1) is 16.6. The fourth-order valence-electron chi connectivity index (χ4n) is 1.84. The van der Waals surface area contributed by atoms with Gasteiger partial charge in [0, 0.05) is 20.0 Å². The molecule has 1 rings (SSSR count). The van der Waals surface area contributed by atoms with Crippen LogP contribution in [0, 0.1) is 0 Å². The van der Waals surface area contributed by atoms with Gasteiger partial charge in [0.05, 0.1) is 6.10 Å². The van der Waals surface area contributed by atoms with Crippen molar-refractivity contribution in [1.29, 1.82) is 0 Å². The van der Waals surface area contributed by atoms with E-state index in [1.807, 2.05) is 0 Å². The van der Waals surface area contributed by atoms with Gasteiger partial charge >= 0.3 is 5.97 Å². The molecule has 1 heterocycles. The Hall–Kier alpha value is -0.433. The summed E-state index contributed by atoms with van der Waals surface area (Å²) in [5.74, 6) is -0.953. The third-order valence-corrected chi connectivity index (χ3v) is 8.59. The Labute approximate surface area is 116 Å². The molecule has 1 N–H and O–H groups in total. The normalized spacial score (nSPS) is 29.3. The van der Waals surface area contributed by atoms with E-state index in [-0.39, 0.29) is 11.1 Å². The number of carboxylic acids is 1. The number of carbonyl (C=O) groups is 1. The summed E-state index contributed by atoms with van der Waals surface area (Å²) in [6.07, 6.45) is -0.465. The lowest BCUT2D eigenvalue weighted by Gasteiger charge is -2.42. The number of carboxylic acid groups (broad SMARTS) is 1. The van der Waals surface area contributed by atoms with Crippen LogP contribution in [0.25, 0.3) is 0 Å². The van der Waals surface area contributed by atoms with Gasteiger partial charge in [-0.05, 0) is 18.1 Å². The molecule has 19 heavy (non-hydrogen) atoms. The molecule has 0 amide bonds. The van der Waals surface area contributed by atoms with Crippen LogP contribution in [-0.4, -0.2) is 45.0 Å². The zero-order valence-electron chi connectivity index (χ0n) is 12.7. The lowest BCUT2D eigenvalue weighted by molar-refractivity contribution is -0.211. The first-order valence-corrected chi connectivity index (χ1v) is 9.56. The van der Waals surface area contributed by atoms with Crippen LogP contribution in [0.3, 0.4) is 0 Å². The van der Waals surface area contributed by atoms with Crippen LogP contribution < -0.4 is 0 Å². The van der Waals surface area contributed by atoms with E-state index in [0.29, 0.717) is 12.8 Å². The average molecular weight is 290 g/mol. The molecule has 0 aromatic carbocycles. The quantitative estimate of drug-likeness (QED) is 0.806.